The second-order valence-electron chi connectivity index (χ2n) is 6.44. The van der Waals surface area contributed by atoms with Crippen LogP contribution in [0, 0.1) is 6.92 Å². The van der Waals surface area contributed by atoms with Crippen molar-refractivity contribution >= 4 is 23.3 Å². The van der Waals surface area contributed by atoms with Crippen LogP contribution in [-0.4, -0.2) is 33.1 Å². The highest BCUT2D eigenvalue weighted by Crippen LogP contribution is 2.28. The molecule has 124 valence electrons. The minimum Gasteiger partial charge on any atom is -0.349 e. The van der Waals surface area contributed by atoms with Crippen LogP contribution in [0.4, 0.5) is 0 Å². The van der Waals surface area contributed by atoms with Crippen molar-refractivity contribution in [1.82, 2.24) is 14.7 Å². The zero-order valence-corrected chi connectivity index (χ0v) is 14.4. The number of nitrogens with zero attached hydrogens (tertiary/aromatic N) is 2. The highest BCUT2D eigenvalue weighted by molar-refractivity contribution is 7.99. The van der Waals surface area contributed by atoms with E-state index in [9.17, 15) is 4.79 Å². The van der Waals surface area contributed by atoms with E-state index in [4.69, 9.17) is 5.73 Å². The molecule has 0 aliphatic heterocycles. The lowest BCUT2D eigenvalue weighted by Gasteiger charge is -2.28. The fourth-order valence-corrected chi connectivity index (χ4v) is 3.95. The second kappa shape index (κ2) is 6.93. The van der Waals surface area contributed by atoms with Crippen LogP contribution in [0.25, 0.3) is 5.65 Å². The minimum atomic E-state index is -0.155. The first-order valence-corrected chi connectivity index (χ1v) is 9.29. The molecule has 6 heteroatoms. The third-order valence-electron chi connectivity index (χ3n) is 4.49. The number of hydrogen-bond acceptors (Lipinski definition) is 4. The van der Waals surface area contributed by atoms with Crippen molar-refractivity contribution in [3.63, 3.8) is 0 Å². The van der Waals surface area contributed by atoms with Gasteiger partial charge in [0.25, 0.3) is 0 Å². The Morgan fingerprint density at radius 2 is 2.17 bits per heavy atom. The van der Waals surface area contributed by atoms with Gasteiger partial charge in [0.15, 0.2) is 0 Å². The maximum absolute atomic E-state index is 12.2. The number of aryl methyl sites for hydroxylation is 1. The molecule has 3 rings (SSSR count). The molecule has 2 heterocycles. The molecular weight excluding hydrogens is 308 g/mol. The van der Waals surface area contributed by atoms with Crippen LogP contribution in [0.2, 0.25) is 0 Å². The average Bonchev–Trinajstić information content (AvgIpc) is 3.14. The molecule has 0 bridgehead atoms. The standard InChI is InChI=1S/C17H24N4OS/c1-13-4-5-15-19-14(9-21(15)8-13)10-23-11-16(22)20-17(12-18)6-2-3-7-17/h4-5,8-9H,2-3,6-7,10-12,18H2,1H3,(H,20,22). The molecule has 3 N–H and O–H groups in total. The van der Waals surface area contributed by atoms with Gasteiger partial charge in [-0.3, -0.25) is 4.79 Å². The molecule has 1 fully saturated rings. The molecule has 2 aromatic heterocycles. The van der Waals surface area contributed by atoms with Crippen LogP contribution in [0.3, 0.4) is 0 Å². The summed E-state index contributed by atoms with van der Waals surface area (Å²) in [6.07, 6.45) is 8.42. The summed E-state index contributed by atoms with van der Waals surface area (Å²) in [5.74, 6) is 1.28. The Morgan fingerprint density at radius 1 is 1.39 bits per heavy atom. The number of hydrogen-bond donors (Lipinski definition) is 2. The van der Waals surface area contributed by atoms with Gasteiger partial charge in [-0.2, -0.15) is 0 Å². The molecule has 0 saturated heterocycles. The van der Waals surface area contributed by atoms with Crippen LogP contribution < -0.4 is 11.1 Å². The Kier molecular flexibility index (Phi) is 4.92. The Bertz CT molecular complexity index is 691. The molecule has 23 heavy (non-hydrogen) atoms. The number of carbonyl (C=O) groups is 1. The highest BCUT2D eigenvalue weighted by Gasteiger charge is 2.33. The number of rotatable bonds is 6. The van der Waals surface area contributed by atoms with Gasteiger partial charge in [-0.25, -0.2) is 4.98 Å². The number of amides is 1. The first-order valence-electron chi connectivity index (χ1n) is 8.13. The molecule has 0 unspecified atom stereocenters. The van der Waals surface area contributed by atoms with Gasteiger partial charge < -0.3 is 15.5 Å². The molecule has 5 nitrogen and oxygen atoms in total. The summed E-state index contributed by atoms with van der Waals surface area (Å²) >= 11 is 1.60. The van der Waals surface area contributed by atoms with Gasteiger partial charge in [0.05, 0.1) is 17.0 Å². The van der Waals surface area contributed by atoms with Crippen LogP contribution >= 0.6 is 11.8 Å². The van der Waals surface area contributed by atoms with E-state index in [0.717, 1.165) is 42.8 Å². The summed E-state index contributed by atoms with van der Waals surface area (Å²) in [6, 6.07) is 4.07. The second-order valence-corrected chi connectivity index (χ2v) is 7.42. The Morgan fingerprint density at radius 3 is 2.91 bits per heavy atom. The predicted octanol–water partition coefficient (Wildman–Crippen LogP) is 2.26. The van der Waals surface area contributed by atoms with E-state index in [1.54, 1.807) is 11.8 Å². The van der Waals surface area contributed by atoms with Crippen molar-refractivity contribution in [3.8, 4) is 0 Å². The van der Waals surface area contributed by atoms with E-state index in [1.165, 1.54) is 5.56 Å². The van der Waals surface area contributed by atoms with Crippen molar-refractivity contribution in [2.75, 3.05) is 12.3 Å². The number of pyridine rings is 1. The summed E-state index contributed by atoms with van der Waals surface area (Å²) in [5.41, 5.74) is 8.86. The zero-order chi connectivity index (χ0) is 16.3. The van der Waals surface area contributed by atoms with Gasteiger partial charge in [-0.05, 0) is 31.4 Å². The van der Waals surface area contributed by atoms with E-state index >= 15 is 0 Å². The molecule has 2 aromatic rings. The number of aromatic nitrogens is 2. The Labute approximate surface area is 141 Å². The molecule has 0 radical (unpaired) electrons. The molecule has 1 saturated carbocycles. The maximum atomic E-state index is 12.2. The van der Waals surface area contributed by atoms with Crippen LogP contribution in [-0.2, 0) is 10.5 Å². The van der Waals surface area contributed by atoms with E-state index < -0.39 is 0 Å². The average molecular weight is 332 g/mol. The van der Waals surface area contributed by atoms with E-state index in [-0.39, 0.29) is 11.4 Å². The first kappa shape index (κ1) is 16.3. The number of nitrogens with two attached hydrogens (primary N) is 1. The number of imidazole rings is 1. The lowest BCUT2D eigenvalue weighted by molar-refractivity contribution is -0.120. The fraction of sp³-hybridized carbons (Fsp3) is 0.529. The van der Waals surface area contributed by atoms with Gasteiger partial charge in [-0.1, -0.05) is 18.9 Å². The summed E-state index contributed by atoms with van der Waals surface area (Å²) in [4.78, 5) is 16.7. The molecular formula is C17H24N4OS. The largest absolute Gasteiger partial charge is 0.349 e. The molecule has 1 aliphatic carbocycles. The fourth-order valence-electron chi connectivity index (χ4n) is 3.24. The zero-order valence-electron chi connectivity index (χ0n) is 13.5. The van der Waals surface area contributed by atoms with Crippen molar-refractivity contribution in [1.29, 1.82) is 0 Å². The topological polar surface area (TPSA) is 72.4 Å². The third kappa shape index (κ3) is 3.87. The molecule has 0 atom stereocenters. The Balaban J connectivity index is 1.51. The quantitative estimate of drug-likeness (QED) is 0.851. The van der Waals surface area contributed by atoms with E-state index in [0.29, 0.717) is 12.3 Å². The van der Waals surface area contributed by atoms with E-state index in [1.807, 2.05) is 16.7 Å². The molecule has 0 spiro atoms. The van der Waals surface area contributed by atoms with Crippen LogP contribution in [0.5, 0.6) is 0 Å². The van der Waals surface area contributed by atoms with Crippen molar-refractivity contribution in [2.45, 2.75) is 43.9 Å². The van der Waals surface area contributed by atoms with Gasteiger partial charge in [0, 0.05) is 24.7 Å². The van der Waals surface area contributed by atoms with Crippen LogP contribution in [0.15, 0.2) is 24.5 Å². The highest BCUT2D eigenvalue weighted by atomic mass is 32.2. The first-order chi connectivity index (χ1) is 11.1. The van der Waals surface area contributed by atoms with Crippen molar-refractivity contribution < 1.29 is 4.79 Å². The number of thioether (sulfide) groups is 1. The molecule has 1 aliphatic rings. The summed E-state index contributed by atoms with van der Waals surface area (Å²) < 4.78 is 2.03. The van der Waals surface area contributed by atoms with Gasteiger partial charge in [-0.15, -0.1) is 11.8 Å². The smallest absolute Gasteiger partial charge is 0.230 e. The van der Waals surface area contributed by atoms with Gasteiger partial charge in [0.2, 0.25) is 5.91 Å². The number of fused-ring (bicyclic) bond motifs is 1. The van der Waals surface area contributed by atoms with Gasteiger partial charge in [0.1, 0.15) is 5.65 Å². The molecule has 0 aromatic carbocycles. The van der Waals surface area contributed by atoms with Crippen molar-refractivity contribution in [2.24, 2.45) is 5.73 Å². The van der Waals surface area contributed by atoms with E-state index in [2.05, 4.69) is 29.5 Å². The van der Waals surface area contributed by atoms with Crippen molar-refractivity contribution in [3.05, 3.63) is 35.8 Å². The predicted molar refractivity (Wildman–Crippen MR) is 94.5 cm³/mol. The van der Waals surface area contributed by atoms with Gasteiger partial charge >= 0.3 is 0 Å². The summed E-state index contributed by atoms with van der Waals surface area (Å²) in [7, 11) is 0. The monoisotopic (exact) mass is 332 g/mol. The third-order valence-corrected chi connectivity index (χ3v) is 5.45. The lowest BCUT2D eigenvalue weighted by atomic mass is 9.98. The maximum Gasteiger partial charge on any atom is 0.230 e. The summed E-state index contributed by atoms with van der Waals surface area (Å²) in [5, 5.41) is 3.15. The number of carbonyl (C=O) groups excluding carboxylic acids is 1. The normalized spacial score (nSPS) is 16.8. The molecule has 1 amide bonds. The number of nitrogens with one attached hydrogen (secondary N) is 1. The SMILES string of the molecule is Cc1ccc2nc(CSCC(=O)NC3(CN)CCCC3)cn2c1. The Hall–Kier alpha value is -1.53. The summed E-state index contributed by atoms with van der Waals surface area (Å²) in [6.45, 7) is 2.60. The van der Waals surface area contributed by atoms with Crippen LogP contribution in [0.1, 0.15) is 36.9 Å². The minimum absolute atomic E-state index is 0.0851. The lowest BCUT2D eigenvalue weighted by Crippen LogP contribution is -2.52.